The van der Waals surface area contributed by atoms with E-state index in [0.717, 1.165) is 18.0 Å². The van der Waals surface area contributed by atoms with Crippen molar-refractivity contribution in [3.8, 4) is 11.7 Å². The molecule has 9 heteroatoms. The van der Waals surface area contributed by atoms with Gasteiger partial charge in [0.2, 0.25) is 0 Å². The van der Waals surface area contributed by atoms with Crippen molar-refractivity contribution in [2.75, 3.05) is 13.1 Å². The number of carbonyl (C=O) groups is 1. The van der Waals surface area contributed by atoms with E-state index in [9.17, 15) is 4.79 Å². The van der Waals surface area contributed by atoms with Gasteiger partial charge in [0.15, 0.2) is 11.6 Å². The molecule has 8 nitrogen and oxygen atoms in total. The van der Waals surface area contributed by atoms with Crippen LogP contribution in [0.5, 0.6) is 0 Å². The Hall–Kier alpha value is -2.55. The highest BCUT2D eigenvalue weighted by molar-refractivity contribution is 7.07. The van der Waals surface area contributed by atoms with Crippen molar-refractivity contribution >= 4 is 17.4 Å². The number of amides is 1. The van der Waals surface area contributed by atoms with Crippen LogP contribution < -0.4 is 0 Å². The second kappa shape index (κ2) is 5.58. The molecular formula is C14H13N5O3S. The zero-order valence-corrected chi connectivity index (χ0v) is 13.1. The molecule has 0 N–H and O–H groups in total. The van der Waals surface area contributed by atoms with Crippen LogP contribution in [0, 0.1) is 6.92 Å². The van der Waals surface area contributed by atoms with Crippen molar-refractivity contribution in [3.63, 3.8) is 0 Å². The van der Waals surface area contributed by atoms with E-state index >= 15 is 0 Å². The van der Waals surface area contributed by atoms with E-state index in [1.54, 1.807) is 30.2 Å². The fourth-order valence-corrected chi connectivity index (χ4v) is 3.25. The van der Waals surface area contributed by atoms with E-state index in [0.29, 0.717) is 41.1 Å². The summed E-state index contributed by atoms with van der Waals surface area (Å²) in [5.41, 5.74) is 0.670. The van der Waals surface area contributed by atoms with Crippen LogP contribution in [0.2, 0.25) is 0 Å². The lowest BCUT2D eigenvalue weighted by Gasteiger charge is -2.14. The summed E-state index contributed by atoms with van der Waals surface area (Å²) in [6, 6.07) is 3.53. The van der Waals surface area contributed by atoms with E-state index < -0.39 is 0 Å². The van der Waals surface area contributed by atoms with Crippen molar-refractivity contribution in [3.05, 3.63) is 34.8 Å². The highest BCUT2D eigenvalue weighted by Gasteiger charge is 2.32. The summed E-state index contributed by atoms with van der Waals surface area (Å²) < 4.78 is 14.3. The average Bonchev–Trinajstić information content (AvgIpc) is 3.31. The Kier molecular flexibility index (Phi) is 3.41. The van der Waals surface area contributed by atoms with Crippen LogP contribution in [0.15, 0.2) is 27.3 Å². The van der Waals surface area contributed by atoms with Crippen molar-refractivity contribution in [1.29, 1.82) is 0 Å². The number of hydrogen-bond donors (Lipinski definition) is 0. The number of rotatable bonds is 3. The molecule has 3 aromatic heterocycles. The van der Waals surface area contributed by atoms with Gasteiger partial charge >= 0.3 is 0 Å². The van der Waals surface area contributed by atoms with Crippen LogP contribution >= 0.6 is 11.5 Å². The molecule has 1 amide bonds. The number of aromatic nitrogens is 4. The highest BCUT2D eigenvalue weighted by Crippen LogP contribution is 2.29. The highest BCUT2D eigenvalue weighted by atomic mass is 32.1. The van der Waals surface area contributed by atoms with E-state index in [1.807, 2.05) is 0 Å². The van der Waals surface area contributed by atoms with Gasteiger partial charge in [0.1, 0.15) is 4.88 Å². The molecule has 1 atom stereocenters. The normalized spacial score (nSPS) is 17.8. The van der Waals surface area contributed by atoms with Gasteiger partial charge in [-0.15, -0.1) is 5.10 Å². The fourth-order valence-electron chi connectivity index (χ4n) is 2.63. The lowest BCUT2D eigenvalue weighted by Crippen LogP contribution is -2.28. The Morgan fingerprint density at radius 2 is 2.39 bits per heavy atom. The summed E-state index contributed by atoms with van der Waals surface area (Å²) in [7, 11) is 0. The van der Waals surface area contributed by atoms with Gasteiger partial charge in [-0.25, -0.2) is 0 Å². The molecule has 0 saturated carbocycles. The lowest BCUT2D eigenvalue weighted by atomic mass is 10.1. The van der Waals surface area contributed by atoms with Gasteiger partial charge in [0, 0.05) is 19.0 Å². The molecule has 0 bridgehead atoms. The Labute approximate surface area is 135 Å². The summed E-state index contributed by atoms with van der Waals surface area (Å²) in [6.07, 6.45) is 2.36. The molecule has 23 heavy (non-hydrogen) atoms. The topological polar surface area (TPSA) is 98.2 Å². The number of aryl methyl sites for hydroxylation is 1. The zero-order valence-electron chi connectivity index (χ0n) is 12.3. The largest absolute Gasteiger partial charge is 0.459 e. The van der Waals surface area contributed by atoms with E-state index in [-0.39, 0.29) is 11.8 Å². The van der Waals surface area contributed by atoms with Crippen molar-refractivity contribution in [1.82, 2.24) is 24.6 Å². The van der Waals surface area contributed by atoms with E-state index in [1.165, 1.54) is 0 Å². The second-order valence-electron chi connectivity index (χ2n) is 5.36. The number of hydrogen-bond acceptors (Lipinski definition) is 8. The second-order valence-corrected chi connectivity index (χ2v) is 6.11. The molecular weight excluding hydrogens is 318 g/mol. The standard InChI is InChI=1S/C14H13N5O3S/c1-8-11(23-18-16-8)14(20)19-5-4-9(7-19)12-15-13(22-17-12)10-3-2-6-21-10/h2-3,6,9H,4-5,7H2,1H3. The maximum absolute atomic E-state index is 12.5. The first-order valence-electron chi connectivity index (χ1n) is 7.18. The van der Waals surface area contributed by atoms with Gasteiger partial charge in [0.05, 0.1) is 12.0 Å². The molecule has 1 aliphatic rings. The summed E-state index contributed by atoms with van der Waals surface area (Å²) in [5.74, 6) is 1.53. The predicted octanol–water partition coefficient (Wildman–Crippen LogP) is 2.12. The molecule has 1 fully saturated rings. The molecule has 1 saturated heterocycles. The van der Waals surface area contributed by atoms with Gasteiger partial charge in [-0.2, -0.15) is 4.98 Å². The Morgan fingerprint density at radius 3 is 3.13 bits per heavy atom. The quantitative estimate of drug-likeness (QED) is 0.725. The van der Waals surface area contributed by atoms with Gasteiger partial charge in [-0.3, -0.25) is 4.79 Å². The van der Waals surface area contributed by atoms with E-state index in [4.69, 9.17) is 8.94 Å². The van der Waals surface area contributed by atoms with Crippen LogP contribution in [0.25, 0.3) is 11.7 Å². The molecule has 0 radical (unpaired) electrons. The monoisotopic (exact) mass is 331 g/mol. The molecule has 118 valence electrons. The van der Waals surface area contributed by atoms with Gasteiger partial charge in [0.25, 0.3) is 11.8 Å². The van der Waals surface area contributed by atoms with Crippen LogP contribution in [0.3, 0.4) is 0 Å². The van der Waals surface area contributed by atoms with Crippen molar-refractivity contribution in [2.24, 2.45) is 0 Å². The van der Waals surface area contributed by atoms with Crippen LogP contribution in [-0.2, 0) is 0 Å². The molecule has 0 aromatic carbocycles. The minimum absolute atomic E-state index is 0.0326. The predicted molar refractivity (Wildman–Crippen MR) is 79.9 cm³/mol. The maximum Gasteiger partial charge on any atom is 0.293 e. The summed E-state index contributed by atoms with van der Waals surface area (Å²) in [5, 5.41) is 7.91. The van der Waals surface area contributed by atoms with Crippen LogP contribution in [0.4, 0.5) is 0 Å². The van der Waals surface area contributed by atoms with Gasteiger partial charge in [-0.05, 0) is 37.0 Å². The summed E-state index contributed by atoms with van der Waals surface area (Å²) in [4.78, 5) is 19.2. The number of nitrogens with zero attached hydrogens (tertiary/aromatic N) is 5. The van der Waals surface area contributed by atoms with Crippen molar-refractivity contribution < 1.29 is 13.7 Å². The minimum Gasteiger partial charge on any atom is -0.459 e. The summed E-state index contributed by atoms with van der Waals surface area (Å²) >= 11 is 1.13. The lowest BCUT2D eigenvalue weighted by molar-refractivity contribution is 0.0794. The number of carbonyl (C=O) groups excluding carboxylic acids is 1. The number of furan rings is 1. The smallest absolute Gasteiger partial charge is 0.293 e. The van der Waals surface area contributed by atoms with Crippen LogP contribution in [-0.4, -0.2) is 43.6 Å². The first kappa shape index (κ1) is 14.1. The Morgan fingerprint density at radius 1 is 1.48 bits per heavy atom. The third-order valence-electron chi connectivity index (χ3n) is 3.86. The maximum atomic E-state index is 12.5. The Balaban J connectivity index is 1.48. The third kappa shape index (κ3) is 2.52. The minimum atomic E-state index is -0.0326. The molecule has 3 aromatic rings. The van der Waals surface area contributed by atoms with Gasteiger partial charge in [-0.1, -0.05) is 9.64 Å². The summed E-state index contributed by atoms with van der Waals surface area (Å²) in [6.45, 7) is 3.01. The average molecular weight is 331 g/mol. The first-order valence-corrected chi connectivity index (χ1v) is 7.95. The molecule has 1 aliphatic heterocycles. The SMILES string of the molecule is Cc1nnsc1C(=O)N1CCC(c2noc(-c3ccco3)n2)C1. The fraction of sp³-hybridized carbons (Fsp3) is 0.357. The zero-order chi connectivity index (χ0) is 15.8. The van der Waals surface area contributed by atoms with Gasteiger partial charge < -0.3 is 13.8 Å². The molecule has 0 spiro atoms. The Bertz CT molecular complexity index is 825. The molecule has 4 rings (SSSR count). The molecule has 4 heterocycles. The van der Waals surface area contributed by atoms with Crippen LogP contribution in [0.1, 0.15) is 33.5 Å². The third-order valence-corrected chi connectivity index (χ3v) is 4.68. The van der Waals surface area contributed by atoms with E-state index in [2.05, 4.69) is 19.7 Å². The first-order chi connectivity index (χ1) is 11.2. The molecule has 1 unspecified atom stereocenters. The van der Waals surface area contributed by atoms with Crippen molar-refractivity contribution in [2.45, 2.75) is 19.3 Å². The number of likely N-dealkylation sites (tertiary alicyclic amines) is 1. The molecule has 0 aliphatic carbocycles.